The number of halogens is 1. The number of methoxy groups -OCH3 is 1. The minimum atomic E-state index is -0.937. The quantitative estimate of drug-likeness (QED) is 0.263. The number of ether oxygens (including phenoxy) is 2. The van der Waals surface area contributed by atoms with Gasteiger partial charge in [0.2, 0.25) is 5.78 Å². The van der Waals surface area contributed by atoms with Gasteiger partial charge in [0, 0.05) is 22.2 Å². The number of nitrogens with zero attached hydrogens (tertiary/aromatic N) is 1. The summed E-state index contributed by atoms with van der Waals surface area (Å²) in [6.07, 6.45) is 0.822. The maximum absolute atomic E-state index is 13.8. The lowest BCUT2D eigenvalue weighted by Crippen LogP contribution is -2.31. The predicted octanol–water partition coefficient (Wildman–Crippen LogP) is 6.67. The van der Waals surface area contributed by atoms with E-state index in [0.717, 1.165) is 6.42 Å². The number of anilines is 1. The number of hydrogen-bond acceptors (Lipinski definition) is 6. The molecule has 1 atom stereocenters. The molecule has 7 nitrogen and oxygen atoms in total. The summed E-state index contributed by atoms with van der Waals surface area (Å²) in [7, 11) is 1.53. The van der Waals surface area contributed by atoms with Crippen LogP contribution in [-0.4, -0.2) is 30.5 Å². The van der Waals surface area contributed by atoms with Crippen molar-refractivity contribution in [1.82, 2.24) is 0 Å². The molecule has 2 heterocycles. The van der Waals surface area contributed by atoms with Crippen LogP contribution < -0.4 is 14.4 Å². The van der Waals surface area contributed by atoms with Crippen molar-refractivity contribution in [3.63, 3.8) is 0 Å². The summed E-state index contributed by atoms with van der Waals surface area (Å²) in [6.45, 7) is 2.51. The third-order valence-corrected chi connectivity index (χ3v) is 6.37. The van der Waals surface area contributed by atoms with E-state index in [-0.39, 0.29) is 11.3 Å². The fraction of sp³-hybridized carbons (Fsp3) is 0.172. The third kappa shape index (κ3) is 4.54. The second-order valence-corrected chi connectivity index (χ2v) is 9.02. The minimum absolute atomic E-state index is 0.0126. The lowest BCUT2D eigenvalue weighted by molar-refractivity contribution is -0.117. The van der Waals surface area contributed by atoms with E-state index in [0.29, 0.717) is 45.3 Å². The highest BCUT2D eigenvalue weighted by Crippen LogP contribution is 2.43. The first-order valence-corrected chi connectivity index (χ1v) is 12.2. The standard InChI is InChI=1S/C29H24ClNO6/c1-3-12-36-22-9-5-7-20(16-22)31-26(17-6-4-8-21(14-17)35-2)25(28(33)29(31)34)27(32)24-15-18-13-19(30)10-11-23(18)37-24/h4-11,13-16,26,33H,3,12H2,1-2H3. The van der Waals surface area contributed by atoms with E-state index in [2.05, 4.69) is 0 Å². The Bertz CT molecular complexity index is 1540. The summed E-state index contributed by atoms with van der Waals surface area (Å²) >= 11 is 6.09. The van der Waals surface area contributed by atoms with Gasteiger partial charge in [0.25, 0.3) is 5.91 Å². The van der Waals surface area contributed by atoms with Gasteiger partial charge < -0.3 is 19.0 Å². The van der Waals surface area contributed by atoms with Crippen molar-refractivity contribution in [3.8, 4) is 11.5 Å². The number of aliphatic hydroxyl groups excluding tert-OH is 1. The fourth-order valence-electron chi connectivity index (χ4n) is 4.43. The third-order valence-electron chi connectivity index (χ3n) is 6.13. The number of benzene rings is 3. The molecule has 1 amide bonds. The highest BCUT2D eigenvalue weighted by Gasteiger charge is 2.45. The first-order chi connectivity index (χ1) is 17.9. The molecule has 1 aliphatic heterocycles. The molecule has 188 valence electrons. The number of hydrogen-bond donors (Lipinski definition) is 1. The van der Waals surface area contributed by atoms with Crippen LogP contribution in [0, 0.1) is 0 Å². The zero-order chi connectivity index (χ0) is 26.1. The largest absolute Gasteiger partial charge is 0.503 e. The van der Waals surface area contributed by atoms with Gasteiger partial charge in [-0.05, 0) is 60.5 Å². The Labute approximate surface area is 218 Å². The number of ketones is 1. The molecule has 1 unspecified atom stereocenters. The molecule has 0 saturated carbocycles. The van der Waals surface area contributed by atoms with E-state index in [9.17, 15) is 14.7 Å². The Morgan fingerprint density at radius 3 is 2.62 bits per heavy atom. The van der Waals surface area contributed by atoms with Crippen LogP contribution in [-0.2, 0) is 4.79 Å². The first-order valence-electron chi connectivity index (χ1n) is 11.8. The van der Waals surface area contributed by atoms with Crippen molar-refractivity contribution >= 4 is 39.9 Å². The molecule has 0 fully saturated rings. The number of carbonyl (C=O) groups is 2. The van der Waals surface area contributed by atoms with Crippen molar-refractivity contribution in [1.29, 1.82) is 0 Å². The summed E-state index contributed by atoms with van der Waals surface area (Å²) in [6, 6.07) is 19.6. The van der Waals surface area contributed by atoms with Crippen molar-refractivity contribution < 1.29 is 28.6 Å². The van der Waals surface area contributed by atoms with Crippen molar-refractivity contribution in [2.24, 2.45) is 0 Å². The van der Waals surface area contributed by atoms with Gasteiger partial charge in [0.15, 0.2) is 11.5 Å². The van der Waals surface area contributed by atoms with E-state index >= 15 is 0 Å². The highest BCUT2D eigenvalue weighted by molar-refractivity contribution is 6.31. The lowest BCUT2D eigenvalue weighted by Gasteiger charge is -2.27. The van der Waals surface area contributed by atoms with Crippen molar-refractivity contribution in [2.75, 3.05) is 18.6 Å². The number of rotatable bonds is 8. The molecule has 0 spiro atoms. The number of fused-ring (bicyclic) bond motifs is 1. The first kappa shape index (κ1) is 24.5. The Morgan fingerprint density at radius 2 is 1.84 bits per heavy atom. The van der Waals surface area contributed by atoms with E-state index in [1.165, 1.54) is 12.0 Å². The van der Waals surface area contributed by atoms with E-state index in [1.54, 1.807) is 72.8 Å². The Hall–Kier alpha value is -4.23. The zero-order valence-electron chi connectivity index (χ0n) is 20.2. The molecular weight excluding hydrogens is 494 g/mol. The van der Waals surface area contributed by atoms with Crippen molar-refractivity contribution in [3.05, 3.63) is 100 Å². The zero-order valence-corrected chi connectivity index (χ0v) is 21.0. The predicted molar refractivity (Wildman–Crippen MR) is 141 cm³/mol. The number of aliphatic hydroxyl groups is 1. The second kappa shape index (κ2) is 10.0. The summed E-state index contributed by atoms with van der Waals surface area (Å²) in [4.78, 5) is 28.7. The van der Waals surface area contributed by atoms with E-state index in [1.807, 2.05) is 6.92 Å². The molecule has 0 saturated heterocycles. The van der Waals surface area contributed by atoms with Gasteiger partial charge >= 0.3 is 0 Å². The SMILES string of the molecule is CCCOc1cccc(N2C(=O)C(O)=C(C(=O)c3cc4cc(Cl)ccc4o3)C2c2cccc(OC)c2)c1. The minimum Gasteiger partial charge on any atom is -0.503 e. The maximum Gasteiger partial charge on any atom is 0.294 e. The molecule has 0 aliphatic carbocycles. The molecule has 1 N–H and O–H groups in total. The van der Waals surface area contributed by atoms with Crippen LogP contribution in [0.4, 0.5) is 5.69 Å². The molecule has 1 aromatic heterocycles. The summed E-state index contributed by atoms with van der Waals surface area (Å²) < 4.78 is 16.9. The van der Waals surface area contributed by atoms with Crippen LogP contribution in [0.3, 0.4) is 0 Å². The average molecular weight is 518 g/mol. The van der Waals surface area contributed by atoms with Gasteiger partial charge in [-0.25, -0.2) is 0 Å². The van der Waals surface area contributed by atoms with Crippen molar-refractivity contribution in [2.45, 2.75) is 19.4 Å². The molecule has 37 heavy (non-hydrogen) atoms. The van der Waals surface area contributed by atoms with E-state index in [4.69, 9.17) is 25.5 Å². The van der Waals surface area contributed by atoms with Gasteiger partial charge in [-0.2, -0.15) is 0 Å². The Morgan fingerprint density at radius 1 is 1.05 bits per heavy atom. The highest BCUT2D eigenvalue weighted by atomic mass is 35.5. The van der Waals surface area contributed by atoms with Crippen LogP contribution in [0.15, 0.2) is 88.5 Å². The molecule has 8 heteroatoms. The maximum atomic E-state index is 13.8. The second-order valence-electron chi connectivity index (χ2n) is 8.58. The molecule has 3 aromatic carbocycles. The topological polar surface area (TPSA) is 89.2 Å². The van der Waals surface area contributed by atoms with Crippen LogP contribution >= 0.6 is 11.6 Å². The lowest BCUT2D eigenvalue weighted by atomic mass is 9.94. The van der Waals surface area contributed by atoms with Gasteiger partial charge in [-0.3, -0.25) is 14.5 Å². The van der Waals surface area contributed by atoms with Crippen LogP contribution in [0.5, 0.6) is 11.5 Å². The van der Waals surface area contributed by atoms with Gasteiger partial charge in [-0.15, -0.1) is 0 Å². The summed E-state index contributed by atoms with van der Waals surface area (Å²) in [5, 5.41) is 12.2. The number of furan rings is 1. The Balaban J connectivity index is 1.63. The summed E-state index contributed by atoms with van der Waals surface area (Å²) in [5.74, 6) is -0.848. The van der Waals surface area contributed by atoms with Gasteiger partial charge in [-0.1, -0.05) is 36.7 Å². The average Bonchev–Trinajstić information content (AvgIpc) is 3.45. The normalized spacial score (nSPS) is 15.5. The Kier molecular flexibility index (Phi) is 6.63. The van der Waals surface area contributed by atoms with Gasteiger partial charge in [0.1, 0.15) is 17.1 Å². The molecule has 1 aliphatic rings. The van der Waals surface area contributed by atoms with Crippen LogP contribution in [0.2, 0.25) is 5.02 Å². The molecule has 5 rings (SSSR count). The van der Waals surface area contributed by atoms with Crippen LogP contribution in [0.25, 0.3) is 11.0 Å². The molecule has 4 aromatic rings. The number of Topliss-reactive ketones (excluding diaryl/α,β-unsaturated/α-hetero) is 1. The number of carbonyl (C=O) groups excluding carboxylic acids is 2. The molecule has 0 bridgehead atoms. The van der Waals surface area contributed by atoms with E-state index < -0.39 is 23.5 Å². The monoisotopic (exact) mass is 517 g/mol. The molecular formula is C29H24ClNO6. The molecule has 0 radical (unpaired) electrons. The van der Waals surface area contributed by atoms with Crippen LogP contribution in [0.1, 0.15) is 35.5 Å². The number of amides is 1. The van der Waals surface area contributed by atoms with Gasteiger partial charge in [0.05, 0.1) is 25.3 Å². The smallest absolute Gasteiger partial charge is 0.294 e. The fourth-order valence-corrected chi connectivity index (χ4v) is 4.61. The summed E-state index contributed by atoms with van der Waals surface area (Å²) in [5.41, 5.74) is 1.42.